The van der Waals surface area contributed by atoms with Crippen molar-refractivity contribution in [2.24, 2.45) is 4.99 Å². The topological polar surface area (TPSA) is 25.5 Å². The molecule has 0 atom stereocenters. The third-order valence-electron chi connectivity index (χ3n) is 4.19. The Bertz CT molecular complexity index is 792. The van der Waals surface area contributed by atoms with Gasteiger partial charge < -0.3 is 4.42 Å². The molecule has 26 heavy (non-hydrogen) atoms. The Balaban J connectivity index is 2.50. The van der Waals surface area contributed by atoms with Gasteiger partial charge in [0, 0.05) is 30.8 Å². The van der Waals surface area contributed by atoms with Gasteiger partial charge in [-0.15, -0.1) is 0 Å². The molecule has 0 aliphatic carbocycles. The Hall–Kier alpha value is -2.49. The van der Waals surface area contributed by atoms with E-state index in [1.54, 1.807) is 25.4 Å². The third kappa shape index (κ3) is 5.01. The number of unbranched alkanes of at least 4 members (excludes halogenated alkanes) is 1. The van der Waals surface area contributed by atoms with E-state index in [4.69, 9.17) is 4.42 Å². The number of aliphatic imine (C=N–C) groups is 1. The van der Waals surface area contributed by atoms with E-state index in [0.29, 0.717) is 0 Å². The van der Waals surface area contributed by atoms with Crippen molar-refractivity contribution in [1.29, 1.82) is 0 Å². The molecule has 1 aromatic carbocycles. The maximum absolute atomic E-state index is 13.5. The van der Waals surface area contributed by atoms with Crippen LogP contribution in [-0.4, -0.2) is 12.8 Å². The van der Waals surface area contributed by atoms with Crippen molar-refractivity contribution in [3.05, 3.63) is 71.7 Å². The summed E-state index contributed by atoms with van der Waals surface area (Å²) in [5.74, 6) is -2.11. The van der Waals surface area contributed by atoms with Gasteiger partial charge in [-0.1, -0.05) is 43.7 Å². The number of hydrogen-bond donors (Lipinski definition) is 0. The Labute approximate surface area is 154 Å². The molecule has 0 N–H and O–H groups in total. The van der Waals surface area contributed by atoms with Crippen molar-refractivity contribution < 1.29 is 13.2 Å². The summed E-state index contributed by atoms with van der Waals surface area (Å²) < 4.78 is 32.5. The maximum atomic E-state index is 13.5. The SMILES string of the molecule is CCC/C=C(/C=C(\C(C)=NC)c1ccco1)c1ccc(C(C)(F)F)cc1. The van der Waals surface area contributed by atoms with Crippen molar-refractivity contribution in [3.63, 3.8) is 0 Å². The van der Waals surface area contributed by atoms with Crippen molar-refractivity contribution >= 4 is 16.9 Å². The first-order valence-corrected chi connectivity index (χ1v) is 8.75. The highest BCUT2D eigenvalue weighted by Gasteiger charge is 2.23. The lowest BCUT2D eigenvalue weighted by atomic mass is 9.97. The van der Waals surface area contributed by atoms with E-state index in [9.17, 15) is 8.78 Å². The molecule has 0 radical (unpaired) electrons. The maximum Gasteiger partial charge on any atom is 0.270 e. The van der Waals surface area contributed by atoms with E-state index in [1.807, 2.05) is 25.1 Å². The molecule has 2 rings (SSSR count). The zero-order chi connectivity index (χ0) is 19.2. The molecule has 0 saturated carbocycles. The van der Waals surface area contributed by atoms with E-state index >= 15 is 0 Å². The molecular weight excluding hydrogens is 332 g/mol. The smallest absolute Gasteiger partial charge is 0.270 e. The number of benzene rings is 1. The second kappa shape index (κ2) is 8.75. The van der Waals surface area contributed by atoms with E-state index < -0.39 is 5.92 Å². The van der Waals surface area contributed by atoms with Gasteiger partial charge in [-0.3, -0.25) is 4.99 Å². The molecule has 0 bridgehead atoms. The van der Waals surface area contributed by atoms with Crippen LogP contribution in [0.15, 0.2) is 64.2 Å². The van der Waals surface area contributed by atoms with E-state index in [2.05, 4.69) is 18.0 Å². The summed E-state index contributed by atoms with van der Waals surface area (Å²) in [5.41, 5.74) is 3.59. The summed E-state index contributed by atoms with van der Waals surface area (Å²) in [6.45, 7) is 4.93. The first-order valence-electron chi connectivity index (χ1n) is 8.75. The number of allylic oxidation sites excluding steroid dienone is 4. The lowest BCUT2D eigenvalue weighted by Gasteiger charge is -2.12. The van der Waals surface area contributed by atoms with Crippen LogP contribution in [0.3, 0.4) is 0 Å². The van der Waals surface area contributed by atoms with Gasteiger partial charge in [0.25, 0.3) is 5.92 Å². The van der Waals surface area contributed by atoms with Gasteiger partial charge in [0.15, 0.2) is 0 Å². The van der Waals surface area contributed by atoms with Crippen LogP contribution < -0.4 is 0 Å². The van der Waals surface area contributed by atoms with Gasteiger partial charge in [-0.05, 0) is 42.7 Å². The summed E-state index contributed by atoms with van der Waals surface area (Å²) in [7, 11) is 1.74. The van der Waals surface area contributed by atoms with Gasteiger partial charge in [0.2, 0.25) is 0 Å². The van der Waals surface area contributed by atoms with Crippen LogP contribution in [0.25, 0.3) is 11.1 Å². The lowest BCUT2D eigenvalue weighted by molar-refractivity contribution is 0.0175. The summed E-state index contributed by atoms with van der Waals surface area (Å²) in [6.07, 6.45) is 7.64. The number of rotatable bonds is 7. The van der Waals surface area contributed by atoms with Crippen molar-refractivity contribution in [3.8, 4) is 0 Å². The minimum Gasteiger partial charge on any atom is -0.464 e. The van der Waals surface area contributed by atoms with Crippen LogP contribution in [-0.2, 0) is 5.92 Å². The van der Waals surface area contributed by atoms with Gasteiger partial charge in [-0.2, -0.15) is 0 Å². The molecule has 0 saturated heterocycles. The summed E-state index contributed by atoms with van der Waals surface area (Å²) in [4.78, 5) is 4.28. The monoisotopic (exact) mass is 357 g/mol. The van der Waals surface area contributed by atoms with Crippen LogP contribution in [0.2, 0.25) is 0 Å². The summed E-state index contributed by atoms with van der Waals surface area (Å²) in [6, 6.07) is 10.2. The third-order valence-corrected chi connectivity index (χ3v) is 4.19. The van der Waals surface area contributed by atoms with Crippen LogP contribution in [0.5, 0.6) is 0 Å². The number of nitrogens with zero attached hydrogens (tertiary/aromatic N) is 1. The summed E-state index contributed by atoms with van der Waals surface area (Å²) in [5, 5.41) is 0. The highest BCUT2D eigenvalue weighted by Crippen LogP contribution is 2.30. The minimum absolute atomic E-state index is 0.0117. The van der Waals surface area contributed by atoms with Crippen molar-refractivity contribution in [2.75, 3.05) is 7.05 Å². The second-order valence-electron chi connectivity index (χ2n) is 6.26. The molecule has 0 aliphatic rings. The lowest BCUT2D eigenvalue weighted by Crippen LogP contribution is -2.06. The van der Waals surface area contributed by atoms with E-state index in [0.717, 1.165) is 47.9 Å². The van der Waals surface area contributed by atoms with Gasteiger partial charge in [0.1, 0.15) is 5.76 Å². The standard InChI is InChI=1S/C22H25F2NO/c1-5-6-8-18(17-10-12-19(13-11-17)22(3,23)24)15-20(16(2)25-4)21-9-7-14-26-21/h7-15H,5-6H2,1-4H3/b18-8-,20-15+,25-16?. The van der Waals surface area contributed by atoms with Gasteiger partial charge in [0.05, 0.1) is 6.26 Å². The predicted molar refractivity (Wildman–Crippen MR) is 105 cm³/mol. The average Bonchev–Trinajstić information content (AvgIpc) is 3.15. The molecule has 0 amide bonds. The first kappa shape index (κ1) is 19.8. The van der Waals surface area contributed by atoms with Gasteiger partial charge in [-0.25, -0.2) is 8.78 Å². The number of halogens is 2. The van der Waals surface area contributed by atoms with Gasteiger partial charge >= 0.3 is 0 Å². The van der Waals surface area contributed by atoms with E-state index in [1.165, 1.54) is 12.1 Å². The highest BCUT2D eigenvalue weighted by molar-refractivity contribution is 6.23. The Kier molecular flexibility index (Phi) is 6.67. The molecule has 138 valence electrons. The van der Waals surface area contributed by atoms with Crippen LogP contribution in [0.4, 0.5) is 8.78 Å². The fourth-order valence-electron chi connectivity index (χ4n) is 2.58. The number of furan rings is 1. The zero-order valence-electron chi connectivity index (χ0n) is 15.7. The largest absolute Gasteiger partial charge is 0.464 e. The number of hydrogen-bond acceptors (Lipinski definition) is 2. The fraction of sp³-hybridized carbons (Fsp3) is 0.318. The van der Waals surface area contributed by atoms with Crippen LogP contribution >= 0.6 is 0 Å². The fourth-order valence-corrected chi connectivity index (χ4v) is 2.58. The normalized spacial score (nSPS) is 14.0. The Morgan fingerprint density at radius 3 is 2.38 bits per heavy atom. The van der Waals surface area contributed by atoms with E-state index in [-0.39, 0.29) is 5.56 Å². The number of alkyl halides is 2. The summed E-state index contributed by atoms with van der Waals surface area (Å²) >= 11 is 0. The highest BCUT2D eigenvalue weighted by atomic mass is 19.3. The van der Waals surface area contributed by atoms with Crippen LogP contribution in [0.1, 0.15) is 50.5 Å². The molecule has 0 unspecified atom stereocenters. The second-order valence-corrected chi connectivity index (χ2v) is 6.26. The first-order chi connectivity index (χ1) is 12.4. The molecule has 2 nitrogen and oxygen atoms in total. The zero-order valence-corrected chi connectivity index (χ0v) is 15.7. The van der Waals surface area contributed by atoms with Crippen molar-refractivity contribution in [1.82, 2.24) is 0 Å². The quantitative estimate of drug-likeness (QED) is 0.397. The minimum atomic E-state index is -2.84. The van der Waals surface area contributed by atoms with Crippen molar-refractivity contribution in [2.45, 2.75) is 39.5 Å². The Morgan fingerprint density at radius 1 is 1.19 bits per heavy atom. The Morgan fingerprint density at radius 2 is 1.88 bits per heavy atom. The molecule has 0 fully saturated rings. The molecule has 0 aliphatic heterocycles. The molecule has 2 aromatic rings. The molecule has 4 heteroatoms. The molecule has 1 heterocycles. The molecule has 0 spiro atoms. The average molecular weight is 357 g/mol. The molecular formula is C22H25F2NO. The predicted octanol–water partition coefficient (Wildman–Crippen LogP) is 6.75. The molecule has 1 aromatic heterocycles. The van der Waals surface area contributed by atoms with Crippen LogP contribution in [0, 0.1) is 0 Å².